The molecule has 0 spiro atoms. The number of rotatable bonds is 4. The Balaban J connectivity index is 1.38. The number of hydrogen-bond donors (Lipinski definition) is 1. The van der Waals surface area contributed by atoms with Gasteiger partial charge in [0, 0.05) is 6.04 Å². The molecule has 5 rings (SSSR count). The normalized spacial score (nSPS) is 35.2. The maximum atomic E-state index is 12.3. The third-order valence-corrected chi connectivity index (χ3v) is 6.39. The van der Waals surface area contributed by atoms with Crippen molar-refractivity contribution >= 4 is 12.1 Å². The fourth-order valence-electron chi connectivity index (χ4n) is 5.63. The molecular weight excluding hydrogens is 318 g/mol. The third-order valence-electron chi connectivity index (χ3n) is 6.39. The Kier molecular flexibility index (Phi) is 4.18. The van der Waals surface area contributed by atoms with E-state index < -0.39 is 0 Å². The van der Waals surface area contributed by atoms with Gasteiger partial charge in [0.2, 0.25) is 0 Å². The molecule has 1 aromatic carbocycles. The second-order valence-electron chi connectivity index (χ2n) is 7.97. The fraction of sp³-hybridized carbons (Fsp3) is 0.600. The number of esters is 1. The molecule has 2 atom stereocenters. The van der Waals surface area contributed by atoms with Crippen LogP contribution in [0.15, 0.2) is 30.3 Å². The van der Waals surface area contributed by atoms with Gasteiger partial charge in [-0.1, -0.05) is 30.3 Å². The maximum Gasteiger partial charge on any atom is 0.407 e. The highest BCUT2D eigenvalue weighted by Gasteiger charge is 2.59. The second kappa shape index (κ2) is 6.36. The summed E-state index contributed by atoms with van der Waals surface area (Å²) in [4.78, 5) is 24.6. The van der Waals surface area contributed by atoms with Gasteiger partial charge in [-0.05, 0) is 55.4 Å². The Morgan fingerprint density at radius 3 is 2.44 bits per heavy atom. The molecular formula is C20H25NO4. The largest absolute Gasteiger partial charge is 0.469 e. The second-order valence-corrected chi connectivity index (χ2v) is 7.97. The van der Waals surface area contributed by atoms with Crippen molar-refractivity contribution in [3.05, 3.63) is 35.9 Å². The molecule has 0 heterocycles. The lowest BCUT2D eigenvalue weighted by Crippen LogP contribution is -2.61. The van der Waals surface area contributed by atoms with Crippen molar-refractivity contribution in [1.82, 2.24) is 5.32 Å². The standard InChI is InChI=1S/C20H25NO4/c1-24-18(22)20-9-14-7-15(10-20)17(16(8-14)11-20)21-19(23)25-12-13-5-3-2-4-6-13/h2-6,14-17H,7-12H2,1H3,(H,21,23). The van der Waals surface area contributed by atoms with Gasteiger partial charge in [-0.25, -0.2) is 4.79 Å². The van der Waals surface area contributed by atoms with Crippen LogP contribution in [0.2, 0.25) is 0 Å². The Morgan fingerprint density at radius 2 is 1.80 bits per heavy atom. The zero-order chi connectivity index (χ0) is 17.4. The lowest BCUT2D eigenvalue weighted by Gasteiger charge is -2.58. The number of ether oxygens (including phenoxy) is 2. The lowest BCUT2D eigenvalue weighted by atomic mass is 9.48. The van der Waals surface area contributed by atoms with Gasteiger partial charge in [0.25, 0.3) is 0 Å². The van der Waals surface area contributed by atoms with Crippen LogP contribution in [0.3, 0.4) is 0 Å². The van der Waals surface area contributed by atoms with Crippen molar-refractivity contribution in [3.8, 4) is 0 Å². The van der Waals surface area contributed by atoms with Crippen LogP contribution in [0, 0.1) is 23.2 Å². The van der Waals surface area contributed by atoms with Crippen molar-refractivity contribution in [3.63, 3.8) is 0 Å². The number of nitrogens with one attached hydrogen (secondary N) is 1. The van der Waals surface area contributed by atoms with Crippen LogP contribution in [0.1, 0.15) is 37.7 Å². The molecule has 1 amide bonds. The van der Waals surface area contributed by atoms with Crippen LogP contribution in [0.4, 0.5) is 4.79 Å². The van der Waals surface area contributed by atoms with Gasteiger partial charge in [0.05, 0.1) is 12.5 Å². The Bertz CT molecular complexity index is 643. The fourth-order valence-corrected chi connectivity index (χ4v) is 5.63. The summed E-state index contributed by atoms with van der Waals surface area (Å²) in [5.74, 6) is 1.25. The average Bonchev–Trinajstić information content (AvgIpc) is 2.62. The summed E-state index contributed by atoms with van der Waals surface area (Å²) >= 11 is 0. The van der Waals surface area contributed by atoms with Gasteiger partial charge in [-0.2, -0.15) is 0 Å². The highest BCUT2D eigenvalue weighted by molar-refractivity contribution is 5.77. The number of methoxy groups -OCH3 is 1. The van der Waals surface area contributed by atoms with E-state index in [-0.39, 0.29) is 30.1 Å². The van der Waals surface area contributed by atoms with E-state index in [1.165, 1.54) is 7.11 Å². The molecule has 4 fully saturated rings. The Morgan fingerprint density at radius 1 is 1.12 bits per heavy atom. The van der Waals surface area contributed by atoms with E-state index in [0.717, 1.165) is 37.7 Å². The first-order valence-corrected chi connectivity index (χ1v) is 9.15. The zero-order valence-corrected chi connectivity index (χ0v) is 14.6. The van der Waals surface area contributed by atoms with Crippen molar-refractivity contribution in [2.45, 2.75) is 44.8 Å². The molecule has 25 heavy (non-hydrogen) atoms. The van der Waals surface area contributed by atoms with Gasteiger partial charge >= 0.3 is 12.1 Å². The van der Waals surface area contributed by atoms with E-state index in [4.69, 9.17) is 9.47 Å². The van der Waals surface area contributed by atoms with Crippen LogP contribution in [0.5, 0.6) is 0 Å². The summed E-state index contributed by atoms with van der Waals surface area (Å²) in [6.45, 7) is 0.281. The maximum absolute atomic E-state index is 12.3. The topological polar surface area (TPSA) is 64.6 Å². The molecule has 1 N–H and O–H groups in total. The van der Waals surface area contributed by atoms with Crippen LogP contribution >= 0.6 is 0 Å². The Labute approximate surface area is 148 Å². The quantitative estimate of drug-likeness (QED) is 0.852. The first-order chi connectivity index (χ1) is 12.1. The van der Waals surface area contributed by atoms with Crippen LogP contribution in [-0.2, 0) is 20.9 Å². The molecule has 4 aliphatic rings. The van der Waals surface area contributed by atoms with E-state index in [9.17, 15) is 9.59 Å². The monoisotopic (exact) mass is 343 g/mol. The number of amides is 1. The summed E-state index contributed by atoms with van der Waals surface area (Å²) in [6, 6.07) is 9.81. The summed E-state index contributed by atoms with van der Waals surface area (Å²) in [6.07, 6.45) is 4.45. The number of hydrogen-bond acceptors (Lipinski definition) is 4. The average molecular weight is 343 g/mol. The SMILES string of the molecule is COC(=O)C12CC3CC(C1)C(NC(=O)OCc1ccccc1)C(C3)C2. The van der Waals surface area contributed by atoms with Crippen molar-refractivity contribution in [1.29, 1.82) is 0 Å². The van der Waals surface area contributed by atoms with Crippen molar-refractivity contribution in [2.75, 3.05) is 7.11 Å². The van der Waals surface area contributed by atoms with E-state index in [0.29, 0.717) is 17.8 Å². The van der Waals surface area contributed by atoms with E-state index in [1.807, 2.05) is 30.3 Å². The molecule has 0 aliphatic heterocycles. The molecule has 134 valence electrons. The third kappa shape index (κ3) is 3.00. The molecule has 5 heteroatoms. The number of alkyl carbamates (subject to hydrolysis) is 1. The highest BCUT2D eigenvalue weighted by atomic mass is 16.5. The molecule has 0 saturated heterocycles. The number of carbonyl (C=O) groups is 2. The van der Waals surface area contributed by atoms with Crippen molar-refractivity contribution in [2.24, 2.45) is 23.2 Å². The van der Waals surface area contributed by atoms with Gasteiger partial charge < -0.3 is 14.8 Å². The molecule has 4 aliphatic carbocycles. The van der Waals surface area contributed by atoms with E-state index in [2.05, 4.69) is 5.32 Å². The molecule has 4 bridgehead atoms. The van der Waals surface area contributed by atoms with Gasteiger partial charge in [-0.3, -0.25) is 4.79 Å². The van der Waals surface area contributed by atoms with Gasteiger partial charge in [0.1, 0.15) is 6.61 Å². The molecule has 0 radical (unpaired) electrons. The first-order valence-electron chi connectivity index (χ1n) is 9.15. The van der Waals surface area contributed by atoms with E-state index >= 15 is 0 Å². The predicted octanol–water partition coefficient (Wildman–Crippen LogP) is 3.28. The van der Waals surface area contributed by atoms with Gasteiger partial charge in [-0.15, -0.1) is 0 Å². The molecule has 2 unspecified atom stereocenters. The lowest BCUT2D eigenvalue weighted by molar-refractivity contribution is -0.170. The molecule has 0 aromatic heterocycles. The molecule has 5 nitrogen and oxygen atoms in total. The predicted molar refractivity (Wildman–Crippen MR) is 91.6 cm³/mol. The summed E-state index contributed by atoms with van der Waals surface area (Å²) in [5.41, 5.74) is 0.671. The minimum absolute atomic E-state index is 0.0583. The minimum atomic E-state index is -0.353. The summed E-state index contributed by atoms with van der Waals surface area (Å²) < 4.78 is 10.5. The highest BCUT2D eigenvalue weighted by Crippen LogP contribution is 2.60. The molecule has 1 aromatic rings. The van der Waals surface area contributed by atoms with Crippen molar-refractivity contribution < 1.29 is 19.1 Å². The van der Waals surface area contributed by atoms with E-state index in [1.54, 1.807) is 0 Å². The Hall–Kier alpha value is -2.04. The van der Waals surface area contributed by atoms with Crippen LogP contribution in [-0.4, -0.2) is 25.2 Å². The first kappa shape index (κ1) is 16.4. The van der Waals surface area contributed by atoms with Gasteiger partial charge in [0.15, 0.2) is 0 Å². The molecule has 4 saturated carbocycles. The van der Waals surface area contributed by atoms with Crippen LogP contribution in [0.25, 0.3) is 0 Å². The zero-order valence-electron chi connectivity index (χ0n) is 14.6. The summed E-state index contributed by atoms with van der Waals surface area (Å²) in [7, 11) is 1.48. The summed E-state index contributed by atoms with van der Waals surface area (Å²) in [5, 5.41) is 3.09. The van der Waals surface area contributed by atoms with Crippen LogP contribution < -0.4 is 5.32 Å². The number of carbonyl (C=O) groups excluding carboxylic acids is 2. The smallest absolute Gasteiger partial charge is 0.407 e. The number of benzene rings is 1. The minimum Gasteiger partial charge on any atom is -0.469 e.